The first kappa shape index (κ1) is 107. The van der Waals surface area contributed by atoms with Crippen LogP contribution in [-0.2, 0) is 86.0 Å². The second-order valence-electron chi connectivity index (χ2n) is 35.6. The highest BCUT2D eigenvalue weighted by Crippen LogP contribution is 2.22. The van der Waals surface area contributed by atoms with Gasteiger partial charge < -0.3 is 124 Å². The van der Waals surface area contributed by atoms with E-state index in [0.717, 1.165) is 13.8 Å². The van der Waals surface area contributed by atoms with E-state index in [1.807, 2.05) is 0 Å². The number of aliphatic hydroxyl groups is 2. The van der Waals surface area contributed by atoms with Gasteiger partial charge in [-0.3, -0.25) is 57.5 Å². The normalized spacial score (nSPS) is 19.9. The van der Waals surface area contributed by atoms with Crippen LogP contribution in [0.3, 0.4) is 0 Å². The predicted molar refractivity (Wildman–Crippen MR) is 433 cm³/mol. The molecule has 0 saturated carbocycles. The highest BCUT2D eigenvalue weighted by molar-refractivity contribution is 5.99. The minimum atomic E-state index is -2.01. The van der Waals surface area contributed by atoms with E-state index in [-0.39, 0.29) is 38.3 Å². The summed E-state index contributed by atoms with van der Waals surface area (Å²) in [6, 6.07) is -17.7. The molecule has 1 heterocycles. The zero-order valence-corrected chi connectivity index (χ0v) is 73.9. The zero-order chi connectivity index (χ0) is 91.5. The van der Waals surface area contributed by atoms with E-state index in [4.69, 9.17) is 28.4 Å². The fourth-order valence-corrected chi connectivity index (χ4v) is 10.7. The van der Waals surface area contributed by atoms with Crippen molar-refractivity contribution in [1.82, 2.24) is 85.1 Å². The Kier molecular flexibility index (Phi) is 44.4. The maximum absolute atomic E-state index is 15.3. The van der Waals surface area contributed by atoms with Gasteiger partial charge in [0, 0.05) is 39.3 Å². The van der Waals surface area contributed by atoms with Gasteiger partial charge in [0.05, 0.1) is 24.0 Å². The second kappa shape index (κ2) is 49.5. The molecule has 0 aliphatic carbocycles. The van der Waals surface area contributed by atoms with Crippen LogP contribution in [0.25, 0.3) is 0 Å². The molecule has 16 amide bonds. The first-order valence-electron chi connectivity index (χ1n) is 40.3. The van der Waals surface area contributed by atoms with E-state index in [1.165, 1.54) is 0 Å². The number of esters is 1. The van der Waals surface area contributed by atoms with Gasteiger partial charge in [-0.25, -0.2) is 24.0 Å². The van der Waals surface area contributed by atoms with Gasteiger partial charge in [-0.2, -0.15) is 0 Å². The number of alkyl carbamates (subject to hydrolysis) is 5. The molecule has 1 saturated heterocycles. The first-order chi connectivity index (χ1) is 54.6. The van der Waals surface area contributed by atoms with Crippen molar-refractivity contribution < 1.29 is 120 Å². The number of carbonyl (C=O) groups is 17. The van der Waals surface area contributed by atoms with Gasteiger partial charge in [-0.05, 0) is 201 Å². The standard InChI is InChI=1S/C78H138N16O25/c1-25-78(23,24)67(108)114-39-32-54(97)85-46(27-34-80-68(109)115-73(8,9)10)61(102)94-56(45(7)96)66(107)90-50(30-37-83-71(112)118-76(17,18)19)59(100)86-47-26-33-79-65(106)55(44(6)95)93-62(103)51(31-38-84-72(113)119-77(20,21)22)88-58(99)48(28-35-81-69(110)116-74(11,12)13)89-63(104)52(40-42(2)3)92-64(105)53(41-43(4)5)91-60(101)49(87-57(47)98)29-36-82-70(111)117-75(14,15)16/h42-53,55-56,95-96H,25-41H2,1-24H3,(H,79,106)(H,80,109)(H,81,110)(H,82,111)(H,83,112)(H,84,113)(H,85,97)(H,86,100)(H,87,98)(H,88,99)(H,89,104)(H,90,107)(H,91,101)(H,92,105)(H,93,103)(H,94,102)/t44?,45?,46-,47-,48-,49-,50-,51-,52-,53+,55-,56-/m0/s1. The topological polar surface area (TPSA) is 579 Å². The lowest BCUT2D eigenvalue weighted by Crippen LogP contribution is -2.62. The van der Waals surface area contributed by atoms with Gasteiger partial charge in [-0.1, -0.05) is 34.6 Å². The molecule has 1 aliphatic rings. The van der Waals surface area contributed by atoms with Gasteiger partial charge >= 0.3 is 36.4 Å². The SMILES string of the molecule is CCC(C)(C)C(=O)OCCC(=O)N[C@@H](CCNC(=O)OC(C)(C)C)C(=O)N[C@H](C(=O)N[C@@H](CCNC(=O)OC(C)(C)C)C(=O)N[C@H]1CCNC(=O)[C@H](C(C)O)NC(=O)[C@H](CCNC(=O)OC(C)(C)C)NC(=O)[C@H](CCNC(=O)OC(C)(C)C)NC(=O)[C@H](CC(C)C)NC(=O)[C@@H](CC(C)C)NC(=O)[C@H](CCNC(=O)OC(C)(C)C)NC1=O)C(C)O. The third kappa shape index (κ3) is 46.2. The molecule has 12 atom stereocenters. The largest absolute Gasteiger partial charge is 0.465 e. The van der Waals surface area contributed by atoms with Crippen LogP contribution >= 0.6 is 0 Å². The Morgan fingerprint density at radius 3 is 1.10 bits per heavy atom. The molecular formula is C78H138N16O25. The summed E-state index contributed by atoms with van der Waals surface area (Å²) in [6.07, 6.45) is -11.6. The lowest BCUT2D eigenvalue weighted by atomic mass is 9.91. The molecule has 1 fully saturated rings. The van der Waals surface area contributed by atoms with Crippen molar-refractivity contribution in [2.45, 2.75) is 331 Å². The number of rotatable bonds is 33. The Labute approximate surface area is 698 Å². The molecule has 1 aliphatic heterocycles. The summed E-state index contributed by atoms with van der Waals surface area (Å²) in [6.45, 7) is 34.8. The first-order valence-corrected chi connectivity index (χ1v) is 40.3. The summed E-state index contributed by atoms with van der Waals surface area (Å²) in [5, 5.41) is 62.6. The van der Waals surface area contributed by atoms with E-state index < -0.39 is 285 Å². The maximum Gasteiger partial charge on any atom is 0.407 e. The zero-order valence-electron chi connectivity index (χ0n) is 73.9. The highest BCUT2D eigenvalue weighted by atomic mass is 16.6. The van der Waals surface area contributed by atoms with Crippen LogP contribution in [0.4, 0.5) is 24.0 Å². The van der Waals surface area contributed by atoms with Gasteiger partial charge in [0.15, 0.2) is 0 Å². The minimum absolute atomic E-state index is 0.111. The average Bonchev–Trinajstić information content (AvgIpc) is 1.32. The number of hydrogen-bond acceptors (Lipinski definition) is 25. The van der Waals surface area contributed by atoms with E-state index in [0.29, 0.717) is 6.42 Å². The van der Waals surface area contributed by atoms with Gasteiger partial charge in [-0.15, -0.1) is 0 Å². The molecule has 119 heavy (non-hydrogen) atoms. The fourth-order valence-electron chi connectivity index (χ4n) is 10.7. The van der Waals surface area contributed by atoms with Crippen molar-refractivity contribution in [2.24, 2.45) is 17.3 Å². The molecule has 680 valence electrons. The predicted octanol–water partition coefficient (Wildman–Crippen LogP) is 1.15. The molecule has 0 bridgehead atoms. The van der Waals surface area contributed by atoms with E-state index in [1.54, 1.807) is 152 Å². The molecule has 41 heteroatoms. The average molecular weight is 1700 g/mol. The lowest BCUT2D eigenvalue weighted by Gasteiger charge is -2.29. The number of ether oxygens (including phenoxy) is 6. The van der Waals surface area contributed by atoms with E-state index in [9.17, 15) is 77.3 Å². The number of carbonyl (C=O) groups excluding carboxylic acids is 17. The molecule has 41 nitrogen and oxygen atoms in total. The molecule has 18 N–H and O–H groups in total. The van der Waals surface area contributed by atoms with E-state index in [2.05, 4.69) is 85.1 Å². The monoisotopic (exact) mass is 1700 g/mol. The molecule has 2 unspecified atom stereocenters. The maximum atomic E-state index is 15.3. The lowest BCUT2D eigenvalue weighted by molar-refractivity contribution is -0.154. The molecular weight excluding hydrogens is 1560 g/mol. The Morgan fingerprint density at radius 2 is 0.756 bits per heavy atom. The molecule has 0 aromatic rings. The molecule has 0 spiro atoms. The van der Waals surface area contributed by atoms with Crippen LogP contribution in [0.15, 0.2) is 0 Å². The quantitative estimate of drug-likeness (QED) is 0.0324. The summed E-state index contributed by atoms with van der Waals surface area (Å²) in [5.41, 5.74) is -5.90. The molecule has 0 radical (unpaired) electrons. The van der Waals surface area contributed by atoms with Crippen molar-refractivity contribution in [3.05, 3.63) is 0 Å². The molecule has 1 rings (SSSR count). The van der Waals surface area contributed by atoms with Gasteiger partial charge in [0.2, 0.25) is 65.0 Å². The number of hydrogen-bond donors (Lipinski definition) is 18. The third-order valence-electron chi connectivity index (χ3n) is 16.9. The van der Waals surface area contributed by atoms with Crippen LogP contribution in [0.2, 0.25) is 0 Å². The van der Waals surface area contributed by atoms with Gasteiger partial charge in [0.25, 0.3) is 0 Å². The van der Waals surface area contributed by atoms with Crippen molar-refractivity contribution in [3.63, 3.8) is 0 Å². The summed E-state index contributed by atoms with van der Waals surface area (Å²) >= 11 is 0. The summed E-state index contributed by atoms with van der Waals surface area (Å²) in [5.74, 6) is -13.6. The van der Waals surface area contributed by atoms with Crippen molar-refractivity contribution in [2.75, 3.05) is 45.9 Å². The van der Waals surface area contributed by atoms with E-state index >= 15 is 14.4 Å². The van der Waals surface area contributed by atoms with Gasteiger partial charge in [0.1, 0.15) is 95.0 Å². The van der Waals surface area contributed by atoms with Crippen LogP contribution in [-0.4, -0.2) is 258 Å². The number of aliphatic hydroxyl groups excluding tert-OH is 2. The number of amides is 16. The van der Waals surface area contributed by atoms with Crippen molar-refractivity contribution in [1.29, 1.82) is 0 Å². The smallest absolute Gasteiger partial charge is 0.407 e. The van der Waals surface area contributed by atoms with Crippen LogP contribution in [0.1, 0.15) is 230 Å². The molecule has 0 aromatic carbocycles. The van der Waals surface area contributed by atoms with Crippen LogP contribution in [0.5, 0.6) is 0 Å². The Hall–Kier alpha value is -10.1. The summed E-state index contributed by atoms with van der Waals surface area (Å²) < 4.78 is 32.1. The van der Waals surface area contributed by atoms with Crippen molar-refractivity contribution in [3.8, 4) is 0 Å². The van der Waals surface area contributed by atoms with Crippen LogP contribution in [0, 0.1) is 17.3 Å². The highest BCUT2D eigenvalue weighted by Gasteiger charge is 2.40. The number of nitrogens with one attached hydrogen (secondary N) is 16. The second-order valence-corrected chi connectivity index (χ2v) is 35.6. The fraction of sp³-hybridized carbons (Fsp3) is 0.782. The Morgan fingerprint density at radius 1 is 0.420 bits per heavy atom. The minimum Gasteiger partial charge on any atom is -0.465 e. The third-order valence-corrected chi connectivity index (χ3v) is 16.9. The summed E-state index contributed by atoms with van der Waals surface area (Å²) in [7, 11) is 0. The molecule has 0 aromatic heterocycles. The van der Waals surface area contributed by atoms with Crippen LogP contribution < -0.4 is 85.1 Å². The Bertz CT molecular complexity index is 3430. The van der Waals surface area contributed by atoms with Crippen molar-refractivity contribution >= 4 is 101 Å². The summed E-state index contributed by atoms with van der Waals surface area (Å²) in [4.78, 5) is 239. The Balaban J connectivity index is 4.49.